The number of oxazole rings is 1. The van der Waals surface area contributed by atoms with Crippen LogP contribution in [0.4, 0.5) is 0 Å². The lowest BCUT2D eigenvalue weighted by atomic mass is 10.3. The van der Waals surface area contributed by atoms with Crippen molar-refractivity contribution in [2.75, 3.05) is 13.2 Å². The molecule has 0 saturated carbocycles. The molecule has 0 saturated heterocycles. The number of aromatic nitrogens is 1. The first kappa shape index (κ1) is 13.6. The highest BCUT2D eigenvalue weighted by atomic mass is 16.5. The molecule has 0 spiro atoms. The average molecular weight is 262 g/mol. The van der Waals surface area contributed by atoms with Gasteiger partial charge in [0.05, 0.1) is 12.7 Å². The number of aliphatic hydroxyl groups excluding tert-OH is 1. The summed E-state index contributed by atoms with van der Waals surface area (Å²) < 4.78 is 10.8. The zero-order valence-electron chi connectivity index (χ0n) is 10.9. The molecule has 0 radical (unpaired) electrons. The molecule has 0 aliphatic rings. The van der Waals surface area contributed by atoms with Gasteiger partial charge in [-0.15, -0.1) is 0 Å². The van der Waals surface area contributed by atoms with Crippen LogP contribution in [-0.4, -0.2) is 29.3 Å². The molecule has 5 nitrogen and oxygen atoms in total. The third kappa shape index (κ3) is 4.73. The predicted octanol–water partition coefficient (Wildman–Crippen LogP) is 1.51. The molecule has 0 fully saturated rings. The maximum Gasteiger partial charge on any atom is 0.208 e. The summed E-state index contributed by atoms with van der Waals surface area (Å²) in [6.07, 6.45) is 1.10. The van der Waals surface area contributed by atoms with Crippen molar-refractivity contribution in [3.8, 4) is 5.75 Å². The minimum absolute atomic E-state index is 0.252. The highest BCUT2D eigenvalue weighted by Gasteiger charge is 2.06. The summed E-state index contributed by atoms with van der Waals surface area (Å²) in [5.41, 5.74) is 0. The zero-order chi connectivity index (χ0) is 13.5. The Balaban J connectivity index is 1.63. The number of aliphatic hydroxyl groups is 1. The molecule has 102 valence electrons. The summed E-state index contributed by atoms with van der Waals surface area (Å²) in [6.45, 7) is 3.02. The second-order valence-corrected chi connectivity index (χ2v) is 4.27. The second kappa shape index (κ2) is 6.92. The van der Waals surface area contributed by atoms with Gasteiger partial charge >= 0.3 is 0 Å². The molecule has 2 N–H and O–H groups in total. The molecule has 0 aliphatic carbocycles. The monoisotopic (exact) mass is 262 g/mol. The van der Waals surface area contributed by atoms with Gasteiger partial charge < -0.3 is 19.6 Å². The van der Waals surface area contributed by atoms with Crippen LogP contribution in [0.2, 0.25) is 0 Å². The molecule has 1 heterocycles. The van der Waals surface area contributed by atoms with E-state index in [0.29, 0.717) is 19.0 Å². The first-order valence-electron chi connectivity index (χ1n) is 6.22. The first-order valence-corrected chi connectivity index (χ1v) is 6.22. The maximum atomic E-state index is 9.76. The van der Waals surface area contributed by atoms with Crippen molar-refractivity contribution in [3.05, 3.63) is 48.2 Å². The molecule has 2 rings (SSSR count). The number of benzene rings is 1. The van der Waals surface area contributed by atoms with Crippen LogP contribution < -0.4 is 10.1 Å². The Labute approximate surface area is 112 Å². The van der Waals surface area contributed by atoms with Gasteiger partial charge in [-0.2, -0.15) is 0 Å². The fraction of sp³-hybridized carbons (Fsp3) is 0.357. The first-order chi connectivity index (χ1) is 9.24. The quantitative estimate of drug-likeness (QED) is 0.791. The molecule has 2 aromatic rings. The van der Waals surface area contributed by atoms with Crippen LogP contribution in [0, 0.1) is 6.92 Å². The van der Waals surface area contributed by atoms with E-state index in [2.05, 4.69) is 10.3 Å². The molecular formula is C14H18N2O3. The minimum Gasteiger partial charge on any atom is -0.491 e. The van der Waals surface area contributed by atoms with Crippen LogP contribution in [0.15, 0.2) is 40.9 Å². The van der Waals surface area contributed by atoms with Crippen LogP contribution in [0.3, 0.4) is 0 Å². The summed E-state index contributed by atoms with van der Waals surface area (Å²) in [6, 6.07) is 9.42. The van der Waals surface area contributed by atoms with Gasteiger partial charge in [0.25, 0.3) is 0 Å². The van der Waals surface area contributed by atoms with E-state index in [0.717, 1.165) is 11.5 Å². The van der Waals surface area contributed by atoms with Crippen LogP contribution in [0.5, 0.6) is 5.75 Å². The summed E-state index contributed by atoms with van der Waals surface area (Å²) >= 11 is 0. The van der Waals surface area contributed by atoms with Gasteiger partial charge in [0.1, 0.15) is 24.2 Å². The largest absolute Gasteiger partial charge is 0.491 e. The van der Waals surface area contributed by atoms with E-state index in [1.165, 1.54) is 0 Å². The summed E-state index contributed by atoms with van der Waals surface area (Å²) in [7, 11) is 0. The smallest absolute Gasteiger partial charge is 0.208 e. The molecule has 0 aliphatic heterocycles. The van der Waals surface area contributed by atoms with Gasteiger partial charge in [-0.3, -0.25) is 0 Å². The maximum absolute atomic E-state index is 9.76. The topological polar surface area (TPSA) is 67.5 Å². The molecule has 1 aromatic heterocycles. The Morgan fingerprint density at radius 2 is 2.16 bits per heavy atom. The Kier molecular flexibility index (Phi) is 4.94. The van der Waals surface area contributed by atoms with Gasteiger partial charge in [0.15, 0.2) is 0 Å². The van der Waals surface area contributed by atoms with Gasteiger partial charge in [0.2, 0.25) is 5.89 Å². The number of para-hydroxylation sites is 1. The van der Waals surface area contributed by atoms with Crippen LogP contribution in [0.1, 0.15) is 11.7 Å². The predicted molar refractivity (Wildman–Crippen MR) is 70.9 cm³/mol. The van der Waals surface area contributed by atoms with Crippen molar-refractivity contribution in [1.82, 2.24) is 10.3 Å². The molecular weight excluding hydrogens is 244 g/mol. The number of nitrogens with zero attached hydrogens (tertiary/aromatic N) is 1. The molecule has 19 heavy (non-hydrogen) atoms. The number of hydrogen-bond donors (Lipinski definition) is 2. The fourth-order valence-electron chi connectivity index (χ4n) is 1.60. The zero-order valence-corrected chi connectivity index (χ0v) is 10.9. The number of rotatable bonds is 7. The second-order valence-electron chi connectivity index (χ2n) is 4.27. The van der Waals surface area contributed by atoms with Crippen LogP contribution in [0.25, 0.3) is 0 Å². The summed E-state index contributed by atoms with van der Waals surface area (Å²) in [4.78, 5) is 4.06. The third-order valence-electron chi connectivity index (χ3n) is 2.51. The van der Waals surface area contributed by atoms with E-state index < -0.39 is 6.10 Å². The van der Waals surface area contributed by atoms with Crippen molar-refractivity contribution in [2.45, 2.75) is 19.6 Å². The van der Waals surface area contributed by atoms with E-state index in [4.69, 9.17) is 9.15 Å². The van der Waals surface area contributed by atoms with Crippen molar-refractivity contribution < 1.29 is 14.3 Å². The molecule has 1 aromatic carbocycles. The number of hydrogen-bond acceptors (Lipinski definition) is 5. The highest BCUT2D eigenvalue weighted by molar-refractivity contribution is 5.20. The van der Waals surface area contributed by atoms with Crippen LogP contribution in [-0.2, 0) is 6.54 Å². The average Bonchev–Trinajstić information content (AvgIpc) is 2.83. The van der Waals surface area contributed by atoms with Gasteiger partial charge in [-0.05, 0) is 19.1 Å². The summed E-state index contributed by atoms with van der Waals surface area (Å²) in [5.74, 6) is 2.16. The highest BCUT2D eigenvalue weighted by Crippen LogP contribution is 2.08. The Morgan fingerprint density at radius 3 is 2.84 bits per heavy atom. The van der Waals surface area contributed by atoms with Gasteiger partial charge in [-0.25, -0.2) is 4.98 Å². The molecule has 0 bridgehead atoms. The standard InChI is InChI=1S/C14H18N2O3/c1-11-7-16-14(19-11)9-15-8-12(17)10-18-13-5-3-2-4-6-13/h2-7,12,15,17H,8-10H2,1H3. The normalized spacial score (nSPS) is 12.3. The lowest BCUT2D eigenvalue weighted by Crippen LogP contribution is -2.31. The molecule has 1 atom stereocenters. The lowest BCUT2D eigenvalue weighted by Gasteiger charge is -2.12. The Bertz CT molecular complexity index is 484. The van der Waals surface area contributed by atoms with Crippen molar-refractivity contribution in [1.29, 1.82) is 0 Å². The molecule has 1 unspecified atom stereocenters. The van der Waals surface area contributed by atoms with E-state index in [9.17, 15) is 5.11 Å². The molecule has 0 amide bonds. The van der Waals surface area contributed by atoms with E-state index in [1.54, 1.807) is 6.20 Å². The van der Waals surface area contributed by atoms with E-state index in [1.807, 2.05) is 37.3 Å². The third-order valence-corrected chi connectivity index (χ3v) is 2.51. The lowest BCUT2D eigenvalue weighted by molar-refractivity contribution is 0.105. The number of ether oxygens (including phenoxy) is 1. The summed E-state index contributed by atoms with van der Waals surface area (Å²) in [5, 5.41) is 12.8. The van der Waals surface area contributed by atoms with Gasteiger partial charge in [0, 0.05) is 6.54 Å². The number of aryl methyl sites for hydroxylation is 1. The van der Waals surface area contributed by atoms with E-state index in [-0.39, 0.29) is 6.61 Å². The Hall–Kier alpha value is -1.85. The fourth-order valence-corrected chi connectivity index (χ4v) is 1.60. The Morgan fingerprint density at radius 1 is 1.37 bits per heavy atom. The van der Waals surface area contributed by atoms with Crippen LogP contribution >= 0.6 is 0 Å². The number of nitrogens with one attached hydrogen (secondary N) is 1. The van der Waals surface area contributed by atoms with E-state index >= 15 is 0 Å². The molecule has 5 heteroatoms. The van der Waals surface area contributed by atoms with Crippen molar-refractivity contribution in [2.24, 2.45) is 0 Å². The SMILES string of the molecule is Cc1cnc(CNCC(O)COc2ccccc2)o1. The van der Waals surface area contributed by atoms with Crippen molar-refractivity contribution >= 4 is 0 Å². The van der Waals surface area contributed by atoms with Gasteiger partial charge in [-0.1, -0.05) is 18.2 Å². The minimum atomic E-state index is -0.573. The van der Waals surface area contributed by atoms with Crippen molar-refractivity contribution in [3.63, 3.8) is 0 Å².